The number of hydrogen-bond acceptors (Lipinski definition) is 3. The molecule has 0 saturated carbocycles. The monoisotopic (exact) mass is 235 g/mol. The van der Waals surface area contributed by atoms with E-state index in [9.17, 15) is 0 Å². The van der Waals surface area contributed by atoms with Crippen LogP contribution in [0.4, 0.5) is 0 Å². The van der Waals surface area contributed by atoms with E-state index in [4.69, 9.17) is 15.2 Å². The summed E-state index contributed by atoms with van der Waals surface area (Å²) in [6, 6.07) is 8.52. The van der Waals surface area contributed by atoms with E-state index < -0.39 is 5.79 Å². The van der Waals surface area contributed by atoms with Gasteiger partial charge in [-0.3, -0.25) is 0 Å². The van der Waals surface area contributed by atoms with Crippen LogP contribution in [0.5, 0.6) is 0 Å². The number of rotatable bonds is 4. The van der Waals surface area contributed by atoms with Crippen molar-refractivity contribution >= 4 is 0 Å². The Kier molecular flexibility index (Phi) is 3.82. The molecule has 1 saturated heterocycles. The summed E-state index contributed by atoms with van der Waals surface area (Å²) in [7, 11) is 0. The van der Waals surface area contributed by atoms with Gasteiger partial charge in [0.15, 0.2) is 5.79 Å². The largest absolute Gasteiger partial charge is 0.347 e. The second-order valence-electron chi connectivity index (χ2n) is 4.95. The van der Waals surface area contributed by atoms with Gasteiger partial charge in [0.25, 0.3) is 0 Å². The first kappa shape index (κ1) is 12.6. The Morgan fingerprint density at radius 1 is 1.41 bits per heavy atom. The number of hydrogen-bond donors (Lipinski definition) is 1. The quantitative estimate of drug-likeness (QED) is 0.871. The van der Waals surface area contributed by atoms with Crippen molar-refractivity contribution < 1.29 is 9.47 Å². The lowest BCUT2D eigenvalue weighted by Crippen LogP contribution is -2.19. The molecule has 1 atom stereocenters. The Morgan fingerprint density at radius 2 is 2.24 bits per heavy atom. The second kappa shape index (κ2) is 5.17. The summed E-state index contributed by atoms with van der Waals surface area (Å²) in [6.45, 7) is 5.27. The van der Waals surface area contributed by atoms with Crippen LogP contribution in [-0.4, -0.2) is 18.9 Å². The number of nitrogens with two attached hydrogens (primary N) is 1. The molecule has 1 aromatic rings. The summed E-state index contributed by atoms with van der Waals surface area (Å²) in [4.78, 5) is 0. The Balaban J connectivity index is 2.06. The molecule has 2 N–H and O–H groups in total. The Labute approximate surface area is 103 Å². The zero-order valence-electron chi connectivity index (χ0n) is 10.6. The first-order chi connectivity index (χ1) is 8.11. The summed E-state index contributed by atoms with van der Waals surface area (Å²) in [5.74, 6) is -0.460. The van der Waals surface area contributed by atoms with Crippen molar-refractivity contribution in [2.75, 3.05) is 13.2 Å². The van der Waals surface area contributed by atoms with Gasteiger partial charge in [0.2, 0.25) is 0 Å². The fourth-order valence-corrected chi connectivity index (χ4v) is 2.11. The van der Waals surface area contributed by atoms with E-state index in [1.165, 1.54) is 11.1 Å². The molecule has 94 valence electrons. The minimum atomic E-state index is -0.460. The Bertz CT molecular complexity index is 376. The molecule has 0 aromatic heterocycles. The predicted octanol–water partition coefficient (Wildman–Crippen LogP) is 2.40. The van der Waals surface area contributed by atoms with Gasteiger partial charge in [0.1, 0.15) is 6.10 Å². The molecule has 1 aliphatic rings. The van der Waals surface area contributed by atoms with Gasteiger partial charge in [-0.15, -0.1) is 0 Å². The maximum atomic E-state index is 5.85. The van der Waals surface area contributed by atoms with Crippen LogP contribution in [0.1, 0.15) is 37.5 Å². The molecular formula is C14H21NO2. The van der Waals surface area contributed by atoms with E-state index in [0.29, 0.717) is 6.61 Å². The van der Waals surface area contributed by atoms with E-state index in [1.807, 2.05) is 13.8 Å². The molecule has 3 heteroatoms. The molecule has 3 nitrogen and oxygen atoms in total. The fourth-order valence-electron chi connectivity index (χ4n) is 2.11. The Hall–Kier alpha value is -0.900. The number of aryl methyl sites for hydroxylation is 1. The van der Waals surface area contributed by atoms with Gasteiger partial charge >= 0.3 is 0 Å². The first-order valence-corrected chi connectivity index (χ1v) is 6.21. The third-order valence-electron chi connectivity index (χ3n) is 3.00. The molecule has 1 unspecified atom stereocenters. The van der Waals surface area contributed by atoms with Crippen LogP contribution in [0.25, 0.3) is 0 Å². The summed E-state index contributed by atoms with van der Waals surface area (Å²) in [6.07, 6.45) is 2.11. The smallest absolute Gasteiger partial charge is 0.163 e. The SMILES string of the molecule is CC1(C)OCC(c2cccc(CCCN)c2)O1. The summed E-state index contributed by atoms with van der Waals surface area (Å²) in [5.41, 5.74) is 8.05. The van der Waals surface area contributed by atoms with Crippen LogP contribution in [0.3, 0.4) is 0 Å². The Morgan fingerprint density at radius 3 is 2.88 bits per heavy atom. The minimum Gasteiger partial charge on any atom is -0.347 e. The molecule has 0 spiro atoms. The van der Waals surface area contributed by atoms with Crippen LogP contribution in [-0.2, 0) is 15.9 Å². The van der Waals surface area contributed by atoms with E-state index >= 15 is 0 Å². The van der Waals surface area contributed by atoms with Crippen LogP contribution < -0.4 is 5.73 Å². The van der Waals surface area contributed by atoms with Crippen molar-refractivity contribution in [3.8, 4) is 0 Å². The lowest BCUT2D eigenvalue weighted by Gasteiger charge is -2.17. The fraction of sp³-hybridized carbons (Fsp3) is 0.571. The number of ether oxygens (including phenoxy) is 2. The van der Waals surface area contributed by atoms with E-state index in [-0.39, 0.29) is 6.10 Å². The van der Waals surface area contributed by atoms with Gasteiger partial charge in [-0.1, -0.05) is 24.3 Å². The van der Waals surface area contributed by atoms with Gasteiger partial charge in [0, 0.05) is 0 Å². The zero-order chi connectivity index (χ0) is 12.3. The predicted molar refractivity (Wildman–Crippen MR) is 67.7 cm³/mol. The van der Waals surface area contributed by atoms with E-state index in [0.717, 1.165) is 19.4 Å². The maximum Gasteiger partial charge on any atom is 0.163 e. The molecule has 1 heterocycles. The van der Waals surface area contributed by atoms with Crippen molar-refractivity contribution in [3.05, 3.63) is 35.4 Å². The van der Waals surface area contributed by atoms with Crippen LogP contribution in [0.2, 0.25) is 0 Å². The van der Waals surface area contributed by atoms with Crippen molar-refractivity contribution in [1.82, 2.24) is 0 Å². The average molecular weight is 235 g/mol. The maximum absolute atomic E-state index is 5.85. The highest BCUT2D eigenvalue weighted by Gasteiger charge is 2.33. The topological polar surface area (TPSA) is 44.5 Å². The molecule has 1 aliphatic heterocycles. The lowest BCUT2D eigenvalue weighted by molar-refractivity contribution is -0.139. The molecule has 1 fully saturated rings. The first-order valence-electron chi connectivity index (χ1n) is 6.21. The van der Waals surface area contributed by atoms with Gasteiger partial charge in [-0.05, 0) is 44.4 Å². The molecule has 1 aromatic carbocycles. The molecule has 0 aliphatic carbocycles. The van der Waals surface area contributed by atoms with E-state index in [2.05, 4.69) is 24.3 Å². The summed E-state index contributed by atoms with van der Waals surface area (Å²) in [5, 5.41) is 0. The third kappa shape index (κ3) is 3.28. The highest BCUT2D eigenvalue weighted by atomic mass is 16.7. The van der Waals surface area contributed by atoms with Crippen molar-refractivity contribution in [2.45, 2.75) is 38.6 Å². The highest BCUT2D eigenvalue weighted by Crippen LogP contribution is 2.32. The average Bonchev–Trinajstić information content (AvgIpc) is 2.67. The third-order valence-corrected chi connectivity index (χ3v) is 3.00. The minimum absolute atomic E-state index is 0.0582. The normalized spacial score (nSPS) is 22.9. The molecule has 0 radical (unpaired) electrons. The molecular weight excluding hydrogens is 214 g/mol. The van der Waals surface area contributed by atoms with Gasteiger partial charge in [0.05, 0.1) is 6.61 Å². The van der Waals surface area contributed by atoms with Gasteiger partial charge in [-0.25, -0.2) is 0 Å². The van der Waals surface area contributed by atoms with Crippen molar-refractivity contribution in [3.63, 3.8) is 0 Å². The number of benzene rings is 1. The molecule has 2 rings (SSSR count). The lowest BCUT2D eigenvalue weighted by atomic mass is 10.0. The summed E-state index contributed by atoms with van der Waals surface area (Å²) >= 11 is 0. The highest BCUT2D eigenvalue weighted by molar-refractivity contribution is 5.26. The standard InChI is InChI=1S/C14H21NO2/c1-14(2)16-10-13(17-14)12-7-3-5-11(9-12)6-4-8-15/h3,5,7,9,13H,4,6,8,10,15H2,1-2H3. The van der Waals surface area contributed by atoms with E-state index in [1.54, 1.807) is 0 Å². The molecule has 0 bridgehead atoms. The van der Waals surface area contributed by atoms with Crippen molar-refractivity contribution in [1.29, 1.82) is 0 Å². The van der Waals surface area contributed by atoms with Crippen molar-refractivity contribution in [2.24, 2.45) is 5.73 Å². The van der Waals surface area contributed by atoms with Gasteiger partial charge in [-0.2, -0.15) is 0 Å². The van der Waals surface area contributed by atoms with Gasteiger partial charge < -0.3 is 15.2 Å². The molecule has 17 heavy (non-hydrogen) atoms. The van der Waals surface area contributed by atoms with Crippen LogP contribution >= 0.6 is 0 Å². The zero-order valence-corrected chi connectivity index (χ0v) is 10.6. The summed E-state index contributed by atoms with van der Waals surface area (Å²) < 4.78 is 11.4. The van der Waals surface area contributed by atoms with Crippen LogP contribution in [0, 0.1) is 0 Å². The van der Waals surface area contributed by atoms with Crippen LogP contribution in [0.15, 0.2) is 24.3 Å². The molecule has 0 amide bonds. The second-order valence-corrected chi connectivity index (χ2v) is 4.95.